The van der Waals surface area contributed by atoms with Crippen LogP contribution in [0.5, 0.6) is 0 Å². The number of hydrogen-bond acceptors (Lipinski definition) is 4. The SMILES string of the molecule is CN(N)C1Nc2ccccc2S1. The first-order valence-corrected chi connectivity index (χ1v) is 4.65. The van der Waals surface area contributed by atoms with Crippen LogP contribution >= 0.6 is 11.8 Å². The Hall–Kier alpha value is -0.710. The molecule has 0 spiro atoms. The molecule has 0 radical (unpaired) electrons. The minimum absolute atomic E-state index is 0.169. The van der Waals surface area contributed by atoms with Gasteiger partial charge < -0.3 is 5.32 Å². The standard InChI is InChI=1S/C8H11N3S/c1-11(9)8-10-6-4-2-3-5-7(6)12-8/h2-5,8,10H,9H2,1H3. The van der Waals surface area contributed by atoms with Crippen LogP contribution in [0.25, 0.3) is 0 Å². The summed E-state index contributed by atoms with van der Waals surface area (Å²) in [4.78, 5) is 1.26. The zero-order valence-corrected chi connectivity index (χ0v) is 7.64. The largest absolute Gasteiger partial charge is 0.359 e. The van der Waals surface area contributed by atoms with Crippen molar-refractivity contribution in [1.29, 1.82) is 0 Å². The second-order valence-electron chi connectivity index (χ2n) is 2.78. The first kappa shape index (κ1) is 7.91. The van der Waals surface area contributed by atoms with Crippen LogP contribution in [-0.2, 0) is 0 Å². The Morgan fingerprint density at radius 3 is 2.92 bits per heavy atom. The second kappa shape index (κ2) is 2.97. The summed E-state index contributed by atoms with van der Waals surface area (Å²) in [6.45, 7) is 0. The van der Waals surface area contributed by atoms with Gasteiger partial charge in [-0.2, -0.15) is 0 Å². The molecule has 0 aliphatic carbocycles. The molecule has 0 saturated carbocycles. The molecule has 1 aliphatic rings. The van der Waals surface area contributed by atoms with Crippen LogP contribution in [0.3, 0.4) is 0 Å². The van der Waals surface area contributed by atoms with E-state index in [0.717, 1.165) is 0 Å². The maximum absolute atomic E-state index is 5.63. The number of fused-ring (bicyclic) bond motifs is 1. The monoisotopic (exact) mass is 181 g/mol. The fraction of sp³-hybridized carbons (Fsp3) is 0.250. The van der Waals surface area contributed by atoms with E-state index >= 15 is 0 Å². The number of nitrogens with two attached hydrogens (primary N) is 1. The molecule has 0 bridgehead atoms. The molecule has 3 nitrogen and oxygen atoms in total. The van der Waals surface area contributed by atoms with Crippen LogP contribution in [0, 0.1) is 0 Å². The predicted octanol–water partition coefficient (Wildman–Crippen LogP) is 1.29. The van der Waals surface area contributed by atoms with Crippen molar-refractivity contribution < 1.29 is 0 Å². The van der Waals surface area contributed by atoms with Crippen molar-refractivity contribution in [3.8, 4) is 0 Å². The number of hydrogen-bond donors (Lipinski definition) is 2. The van der Waals surface area contributed by atoms with E-state index in [2.05, 4.69) is 17.4 Å². The summed E-state index contributed by atoms with van der Waals surface area (Å²) in [5.41, 5.74) is 1.34. The molecule has 1 aliphatic heterocycles. The van der Waals surface area contributed by atoms with E-state index < -0.39 is 0 Å². The van der Waals surface area contributed by atoms with Gasteiger partial charge in [-0.25, -0.2) is 5.01 Å². The summed E-state index contributed by atoms with van der Waals surface area (Å²) in [6.07, 6.45) is 0. The quantitative estimate of drug-likeness (QED) is 0.506. The van der Waals surface area contributed by atoms with Crippen molar-refractivity contribution >= 4 is 17.4 Å². The molecule has 0 amide bonds. The summed E-state index contributed by atoms with van der Waals surface area (Å²) < 4.78 is 0. The zero-order valence-electron chi connectivity index (χ0n) is 6.82. The molecule has 64 valence electrons. The molecule has 3 N–H and O–H groups in total. The third kappa shape index (κ3) is 1.29. The van der Waals surface area contributed by atoms with Gasteiger partial charge in [-0.1, -0.05) is 23.9 Å². The van der Waals surface area contributed by atoms with Gasteiger partial charge in [-0.05, 0) is 12.1 Å². The Morgan fingerprint density at radius 1 is 1.50 bits per heavy atom. The molecule has 1 atom stereocenters. The van der Waals surface area contributed by atoms with Crippen molar-refractivity contribution in [2.75, 3.05) is 12.4 Å². The number of nitrogens with one attached hydrogen (secondary N) is 1. The van der Waals surface area contributed by atoms with Crippen LogP contribution < -0.4 is 11.2 Å². The Bertz CT molecular complexity index is 262. The van der Waals surface area contributed by atoms with Gasteiger partial charge >= 0.3 is 0 Å². The van der Waals surface area contributed by atoms with Gasteiger partial charge in [0.2, 0.25) is 0 Å². The van der Waals surface area contributed by atoms with Crippen LogP contribution in [0.4, 0.5) is 5.69 Å². The minimum Gasteiger partial charge on any atom is -0.359 e. The number of para-hydroxylation sites is 1. The molecule has 2 rings (SSSR count). The van der Waals surface area contributed by atoms with Gasteiger partial charge in [0.25, 0.3) is 0 Å². The molecule has 1 unspecified atom stereocenters. The zero-order chi connectivity index (χ0) is 8.55. The smallest absolute Gasteiger partial charge is 0.145 e. The van der Waals surface area contributed by atoms with Crippen molar-refractivity contribution in [2.24, 2.45) is 5.84 Å². The molecule has 0 fully saturated rings. The highest BCUT2D eigenvalue weighted by molar-refractivity contribution is 8.00. The van der Waals surface area contributed by atoms with E-state index in [0.29, 0.717) is 0 Å². The summed E-state index contributed by atoms with van der Waals surface area (Å²) in [5.74, 6) is 5.63. The highest BCUT2D eigenvalue weighted by Gasteiger charge is 2.22. The fourth-order valence-electron chi connectivity index (χ4n) is 1.16. The number of nitrogens with zero attached hydrogens (tertiary/aromatic N) is 1. The average Bonchev–Trinajstić information content (AvgIpc) is 2.46. The van der Waals surface area contributed by atoms with Gasteiger partial charge in [0.05, 0.1) is 0 Å². The minimum atomic E-state index is 0.169. The van der Waals surface area contributed by atoms with Crippen LogP contribution in [0.15, 0.2) is 29.2 Å². The first-order valence-electron chi connectivity index (χ1n) is 3.77. The molecule has 4 heteroatoms. The second-order valence-corrected chi connectivity index (χ2v) is 3.90. The Labute approximate surface area is 75.9 Å². The maximum atomic E-state index is 5.63. The number of thioether (sulfide) groups is 1. The van der Waals surface area contributed by atoms with E-state index in [-0.39, 0.29) is 5.50 Å². The maximum Gasteiger partial charge on any atom is 0.145 e. The highest BCUT2D eigenvalue weighted by Crippen LogP contribution is 2.37. The number of anilines is 1. The molecule has 12 heavy (non-hydrogen) atoms. The highest BCUT2D eigenvalue weighted by atomic mass is 32.2. The Morgan fingerprint density at radius 2 is 2.25 bits per heavy atom. The third-order valence-electron chi connectivity index (χ3n) is 1.77. The third-order valence-corrected chi connectivity index (χ3v) is 3.06. The first-order chi connectivity index (χ1) is 5.77. The number of rotatable bonds is 1. The molecule has 1 aromatic carbocycles. The lowest BCUT2D eigenvalue weighted by molar-refractivity contribution is 0.351. The van der Waals surface area contributed by atoms with Gasteiger partial charge in [0.15, 0.2) is 0 Å². The average molecular weight is 181 g/mol. The van der Waals surface area contributed by atoms with E-state index in [9.17, 15) is 0 Å². The van der Waals surface area contributed by atoms with E-state index in [1.807, 2.05) is 19.2 Å². The van der Waals surface area contributed by atoms with E-state index in [1.54, 1.807) is 16.8 Å². The summed E-state index contributed by atoms with van der Waals surface area (Å²) in [6, 6.07) is 8.21. The van der Waals surface area contributed by atoms with Crippen LogP contribution in [0.2, 0.25) is 0 Å². The lowest BCUT2D eigenvalue weighted by atomic mass is 10.3. The molecule has 1 heterocycles. The van der Waals surface area contributed by atoms with Crippen LogP contribution in [-0.4, -0.2) is 17.6 Å². The Kier molecular flexibility index (Phi) is 1.96. The van der Waals surface area contributed by atoms with Gasteiger partial charge in [0, 0.05) is 17.6 Å². The molecule has 0 saturated heterocycles. The lowest BCUT2D eigenvalue weighted by Gasteiger charge is -2.17. The summed E-state index contributed by atoms with van der Waals surface area (Å²) in [5, 5.41) is 4.97. The van der Waals surface area contributed by atoms with Crippen molar-refractivity contribution in [3.05, 3.63) is 24.3 Å². The molecular formula is C8H11N3S. The van der Waals surface area contributed by atoms with E-state index in [4.69, 9.17) is 5.84 Å². The van der Waals surface area contributed by atoms with Crippen molar-refractivity contribution in [1.82, 2.24) is 5.01 Å². The van der Waals surface area contributed by atoms with Crippen molar-refractivity contribution in [2.45, 2.75) is 10.4 Å². The summed E-state index contributed by atoms with van der Waals surface area (Å²) >= 11 is 1.73. The number of hydrazine groups is 1. The van der Waals surface area contributed by atoms with Gasteiger partial charge in [0.1, 0.15) is 5.50 Å². The molecule has 1 aromatic rings. The predicted molar refractivity (Wildman–Crippen MR) is 51.7 cm³/mol. The normalized spacial score (nSPS) is 20.8. The molecular weight excluding hydrogens is 170 g/mol. The summed E-state index contributed by atoms with van der Waals surface area (Å²) in [7, 11) is 1.86. The lowest BCUT2D eigenvalue weighted by Crippen LogP contribution is -2.38. The van der Waals surface area contributed by atoms with E-state index in [1.165, 1.54) is 10.6 Å². The Balaban J connectivity index is 2.22. The van der Waals surface area contributed by atoms with Gasteiger partial charge in [-0.3, -0.25) is 5.84 Å². The number of benzene rings is 1. The topological polar surface area (TPSA) is 41.3 Å². The van der Waals surface area contributed by atoms with Crippen molar-refractivity contribution in [3.63, 3.8) is 0 Å². The molecule has 0 aromatic heterocycles. The van der Waals surface area contributed by atoms with Gasteiger partial charge in [-0.15, -0.1) is 0 Å². The van der Waals surface area contributed by atoms with Crippen LogP contribution in [0.1, 0.15) is 0 Å². The fourth-order valence-corrected chi connectivity index (χ4v) is 2.16.